The van der Waals surface area contributed by atoms with Gasteiger partial charge < -0.3 is 20.4 Å². The predicted octanol–water partition coefficient (Wildman–Crippen LogP) is 3.47. The van der Waals surface area contributed by atoms with Crippen molar-refractivity contribution in [3.8, 4) is 22.7 Å². The van der Waals surface area contributed by atoms with Gasteiger partial charge in [0, 0.05) is 11.1 Å². The van der Waals surface area contributed by atoms with E-state index < -0.39 is 17.9 Å². The molecule has 0 aliphatic carbocycles. The molecule has 1 fully saturated rings. The smallest absolute Gasteiger partial charge is 0.314 e. The molecule has 2 aromatic carbocycles. The number of nitrogens with zero attached hydrogens (tertiary/aromatic N) is 5. The van der Waals surface area contributed by atoms with Gasteiger partial charge in [0.05, 0.1) is 24.1 Å². The Balaban J connectivity index is 1.16. The summed E-state index contributed by atoms with van der Waals surface area (Å²) in [6, 6.07) is 12.9. The second-order valence-corrected chi connectivity index (χ2v) is 8.92. The average Bonchev–Trinajstić information content (AvgIpc) is 3.56. The first-order chi connectivity index (χ1) is 17.5. The molecule has 2 aliphatic rings. The van der Waals surface area contributed by atoms with Crippen molar-refractivity contribution in [3.05, 3.63) is 60.1 Å². The maximum absolute atomic E-state index is 12.9. The summed E-state index contributed by atoms with van der Waals surface area (Å²) < 4.78 is 32.0. The molecule has 1 amide bonds. The number of rotatable bonds is 5. The highest BCUT2D eigenvalue weighted by atomic mass is 19.3. The Labute approximate surface area is 204 Å². The van der Waals surface area contributed by atoms with Gasteiger partial charge in [-0.1, -0.05) is 23.4 Å². The zero-order valence-electron chi connectivity index (χ0n) is 19.0. The number of carbonyl (C=O) groups excluding carboxylic acids is 1. The molecule has 12 heteroatoms. The van der Waals surface area contributed by atoms with Crippen molar-refractivity contribution >= 4 is 17.3 Å². The van der Waals surface area contributed by atoms with E-state index in [9.17, 15) is 13.6 Å². The van der Waals surface area contributed by atoms with Gasteiger partial charge in [0.25, 0.3) is 5.89 Å². The quantitative estimate of drug-likeness (QED) is 0.387. The molecular weight excluding hydrogens is 470 g/mol. The average molecular weight is 492 g/mol. The Morgan fingerprint density at radius 1 is 1.00 bits per heavy atom. The first-order valence-corrected chi connectivity index (χ1v) is 11.5. The van der Waals surface area contributed by atoms with Crippen molar-refractivity contribution in [2.75, 3.05) is 23.7 Å². The van der Waals surface area contributed by atoms with Crippen LogP contribution >= 0.6 is 0 Å². The van der Waals surface area contributed by atoms with Crippen molar-refractivity contribution in [3.63, 3.8) is 0 Å². The fraction of sp³-hybridized carbons (Fsp3) is 0.292. The third-order valence-corrected chi connectivity index (χ3v) is 6.54. The number of piperidine rings is 1. The molecule has 184 valence electrons. The molecule has 1 spiro atoms. The number of carbonyl (C=O) groups is 1. The van der Waals surface area contributed by atoms with E-state index in [0.717, 1.165) is 48.4 Å². The maximum Gasteiger partial charge on any atom is 0.314 e. The van der Waals surface area contributed by atoms with E-state index in [4.69, 9.17) is 4.42 Å². The van der Waals surface area contributed by atoms with Crippen molar-refractivity contribution in [1.82, 2.24) is 30.5 Å². The standard InChI is InChI=1S/C24H22F2N8O2/c25-20(26)22-32-31-21(36-22)15-3-1-14(2-4-15)12-34-13-19(30-33-34)16-5-6-17-18(11-16)28-23(35)24(29-17)7-9-27-10-8-24/h1-6,11,13,20,27,29H,7-10,12H2,(H,28,35). The van der Waals surface area contributed by atoms with Gasteiger partial charge in [-0.3, -0.25) is 4.79 Å². The van der Waals surface area contributed by atoms with Gasteiger partial charge in [-0.05, 0) is 55.8 Å². The van der Waals surface area contributed by atoms with Crippen LogP contribution in [0.3, 0.4) is 0 Å². The van der Waals surface area contributed by atoms with E-state index in [0.29, 0.717) is 17.8 Å². The molecule has 0 bridgehead atoms. The molecule has 3 N–H and O–H groups in total. The monoisotopic (exact) mass is 492 g/mol. The summed E-state index contributed by atoms with van der Waals surface area (Å²) in [4.78, 5) is 12.9. The number of nitrogens with one attached hydrogen (secondary N) is 3. The zero-order chi connectivity index (χ0) is 24.7. The molecule has 2 aliphatic heterocycles. The van der Waals surface area contributed by atoms with Crippen LogP contribution in [0.15, 0.2) is 53.1 Å². The number of fused-ring (bicyclic) bond motifs is 1. The highest BCUT2D eigenvalue weighted by molar-refractivity contribution is 6.06. The van der Waals surface area contributed by atoms with E-state index in [1.807, 2.05) is 36.5 Å². The molecule has 0 radical (unpaired) electrons. The topological polar surface area (TPSA) is 123 Å². The van der Waals surface area contributed by atoms with E-state index in [1.165, 1.54) is 0 Å². The molecule has 0 unspecified atom stereocenters. The summed E-state index contributed by atoms with van der Waals surface area (Å²) in [6.07, 6.45) is 0.498. The summed E-state index contributed by atoms with van der Waals surface area (Å²) in [5.74, 6) is -0.667. The van der Waals surface area contributed by atoms with Crippen molar-refractivity contribution in [2.45, 2.75) is 31.4 Å². The van der Waals surface area contributed by atoms with Gasteiger partial charge in [-0.2, -0.15) is 8.78 Å². The van der Waals surface area contributed by atoms with Crippen LogP contribution in [0.1, 0.15) is 30.7 Å². The molecule has 10 nitrogen and oxygen atoms in total. The minimum absolute atomic E-state index is 0.00768. The van der Waals surface area contributed by atoms with Crippen LogP contribution in [0.5, 0.6) is 0 Å². The predicted molar refractivity (Wildman–Crippen MR) is 126 cm³/mol. The van der Waals surface area contributed by atoms with Gasteiger partial charge in [0.15, 0.2) is 0 Å². The second-order valence-electron chi connectivity index (χ2n) is 8.92. The summed E-state index contributed by atoms with van der Waals surface area (Å²) in [5.41, 5.74) is 4.05. The molecule has 36 heavy (non-hydrogen) atoms. The third kappa shape index (κ3) is 4.09. The molecule has 0 saturated carbocycles. The molecule has 4 heterocycles. The first-order valence-electron chi connectivity index (χ1n) is 11.5. The number of benzene rings is 2. The Morgan fingerprint density at radius 3 is 2.53 bits per heavy atom. The minimum Gasteiger partial charge on any atom is -0.415 e. The maximum atomic E-state index is 12.9. The van der Waals surface area contributed by atoms with Gasteiger partial charge >= 0.3 is 6.43 Å². The number of amides is 1. The Bertz CT molecular complexity index is 1410. The number of anilines is 2. The molecule has 2 aromatic heterocycles. The summed E-state index contributed by atoms with van der Waals surface area (Å²) >= 11 is 0. The lowest BCUT2D eigenvalue weighted by molar-refractivity contribution is -0.121. The molecule has 0 atom stereocenters. The van der Waals surface area contributed by atoms with Crippen molar-refractivity contribution < 1.29 is 18.0 Å². The van der Waals surface area contributed by atoms with Crippen molar-refractivity contribution in [1.29, 1.82) is 0 Å². The Hall–Kier alpha value is -4.19. The lowest BCUT2D eigenvalue weighted by atomic mass is 9.85. The van der Waals surface area contributed by atoms with E-state index in [-0.39, 0.29) is 11.8 Å². The fourth-order valence-corrected chi connectivity index (χ4v) is 4.57. The summed E-state index contributed by atoms with van der Waals surface area (Å²) in [6.45, 7) is 2.06. The summed E-state index contributed by atoms with van der Waals surface area (Å²) in [7, 11) is 0. The molecule has 1 saturated heterocycles. The van der Waals surface area contributed by atoms with E-state index in [1.54, 1.807) is 16.8 Å². The Kier molecular flexibility index (Phi) is 5.44. The largest absolute Gasteiger partial charge is 0.415 e. The number of alkyl halides is 2. The highest BCUT2D eigenvalue weighted by Crippen LogP contribution is 2.37. The van der Waals surface area contributed by atoms with Crippen molar-refractivity contribution in [2.24, 2.45) is 0 Å². The van der Waals surface area contributed by atoms with Crippen LogP contribution in [0.2, 0.25) is 0 Å². The fourth-order valence-electron chi connectivity index (χ4n) is 4.57. The molecular formula is C24H22F2N8O2. The SMILES string of the molecule is O=C1Nc2cc(-c3cn(Cc4ccc(-c5nnc(C(F)F)o5)cc4)nn3)ccc2NC12CCNCC2. The van der Waals surface area contributed by atoms with Crippen LogP contribution in [0.4, 0.5) is 20.2 Å². The highest BCUT2D eigenvalue weighted by Gasteiger charge is 2.42. The van der Waals surface area contributed by atoms with Crippen LogP contribution in [0, 0.1) is 0 Å². The normalized spacial score (nSPS) is 16.6. The van der Waals surface area contributed by atoms with Crippen LogP contribution < -0.4 is 16.0 Å². The number of halogens is 2. The number of aromatic nitrogens is 5. The lowest BCUT2D eigenvalue weighted by Crippen LogP contribution is -2.57. The van der Waals surface area contributed by atoms with Crippen LogP contribution in [0.25, 0.3) is 22.7 Å². The zero-order valence-corrected chi connectivity index (χ0v) is 19.0. The van der Waals surface area contributed by atoms with Crippen LogP contribution in [-0.4, -0.2) is 49.7 Å². The van der Waals surface area contributed by atoms with Gasteiger partial charge in [-0.25, -0.2) is 4.68 Å². The Morgan fingerprint density at radius 2 is 1.78 bits per heavy atom. The van der Waals surface area contributed by atoms with E-state index in [2.05, 4.69) is 36.5 Å². The van der Waals surface area contributed by atoms with Gasteiger partial charge in [0.1, 0.15) is 11.2 Å². The first kappa shape index (κ1) is 22.3. The second kappa shape index (κ2) is 8.79. The van der Waals surface area contributed by atoms with E-state index >= 15 is 0 Å². The molecule has 4 aromatic rings. The number of hydrogen-bond acceptors (Lipinski definition) is 8. The van der Waals surface area contributed by atoms with Crippen LogP contribution in [-0.2, 0) is 11.3 Å². The van der Waals surface area contributed by atoms with Gasteiger partial charge in [-0.15, -0.1) is 15.3 Å². The summed E-state index contributed by atoms with van der Waals surface area (Å²) in [5, 5.41) is 25.3. The number of hydrogen-bond donors (Lipinski definition) is 3. The third-order valence-electron chi connectivity index (χ3n) is 6.54. The van der Waals surface area contributed by atoms with Gasteiger partial charge in [0.2, 0.25) is 11.8 Å². The molecule has 6 rings (SSSR count). The lowest BCUT2D eigenvalue weighted by Gasteiger charge is -2.41. The minimum atomic E-state index is -2.80.